The molecule has 1 aliphatic heterocycles. The minimum absolute atomic E-state index is 0.471. The third-order valence-electron chi connectivity index (χ3n) is 4.28. The van der Waals surface area contributed by atoms with Gasteiger partial charge in [-0.3, -0.25) is 9.69 Å². The molecule has 4 heteroatoms. The molecule has 2 rings (SSSR count). The molecule has 1 saturated heterocycles. The third kappa shape index (κ3) is 2.59. The topological polar surface area (TPSA) is 40.5 Å². The van der Waals surface area contributed by atoms with Gasteiger partial charge in [-0.2, -0.15) is 0 Å². The number of likely N-dealkylation sites (tertiary alicyclic amines) is 1. The summed E-state index contributed by atoms with van der Waals surface area (Å²) in [6, 6.07) is 2.15. The van der Waals surface area contributed by atoms with E-state index in [4.69, 9.17) is 0 Å². The van der Waals surface area contributed by atoms with Crippen LogP contribution in [-0.4, -0.2) is 29.1 Å². The van der Waals surface area contributed by atoms with Crippen LogP contribution < -0.4 is 0 Å². The van der Waals surface area contributed by atoms with Crippen LogP contribution in [0.15, 0.2) is 11.4 Å². The number of thiophene rings is 1. The molecular formula is C14H21NO2S. The van der Waals surface area contributed by atoms with Gasteiger partial charge in [0.1, 0.15) is 0 Å². The number of hydrogen-bond acceptors (Lipinski definition) is 3. The summed E-state index contributed by atoms with van der Waals surface area (Å²) < 4.78 is 0. The van der Waals surface area contributed by atoms with Crippen molar-refractivity contribution in [1.82, 2.24) is 4.90 Å². The number of rotatable bonds is 4. The summed E-state index contributed by atoms with van der Waals surface area (Å²) in [4.78, 5) is 15.2. The van der Waals surface area contributed by atoms with Gasteiger partial charge in [0, 0.05) is 11.4 Å². The SMILES string of the molecule is CCC1(C(=O)O)CCN(Cc2sccc2C)CC1. The summed E-state index contributed by atoms with van der Waals surface area (Å²) >= 11 is 1.80. The highest BCUT2D eigenvalue weighted by Crippen LogP contribution is 2.35. The maximum Gasteiger partial charge on any atom is 0.309 e. The van der Waals surface area contributed by atoms with Crippen LogP contribution >= 0.6 is 11.3 Å². The van der Waals surface area contributed by atoms with Gasteiger partial charge in [0.15, 0.2) is 0 Å². The molecule has 3 nitrogen and oxygen atoms in total. The average Bonchev–Trinajstić information content (AvgIpc) is 2.76. The highest BCUT2D eigenvalue weighted by atomic mass is 32.1. The van der Waals surface area contributed by atoms with E-state index in [1.165, 1.54) is 10.4 Å². The molecule has 0 bridgehead atoms. The minimum Gasteiger partial charge on any atom is -0.481 e. The van der Waals surface area contributed by atoms with E-state index in [9.17, 15) is 9.90 Å². The first-order chi connectivity index (χ1) is 8.57. The Balaban J connectivity index is 1.94. The van der Waals surface area contributed by atoms with Gasteiger partial charge in [-0.25, -0.2) is 0 Å². The van der Waals surface area contributed by atoms with E-state index >= 15 is 0 Å². The van der Waals surface area contributed by atoms with E-state index in [0.717, 1.165) is 38.9 Å². The lowest BCUT2D eigenvalue weighted by Gasteiger charge is -2.38. The molecule has 0 unspecified atom stereocenters. The summed E-state index contributed by atoms with van der Waals surface area (Å²) in [5.41, 5.74) is 0.881. The quantitative estimate of drug-likeness (QED) is 0.911. The molecule has 0 aromatic carbocycles. The fourth-order valence-electron chi connectivity index (χ4n) is 2.63. The van der Waals surface area contributed by atoms with Crippen LogP contribution in [0.25, 0.3) is 0 Å². The summed E-state index contributed by atoms with van der Waals surface area (Å²) in [6.45, 7) is 6.91. The van der Waals surface area contributed by atoms with Gasteiger partial charge in [0.2, 0.25) is 0 Å². The lowest BCUT2D eigenvalue weighted by atomic mass is 9.76. The zero-order valence-electron chi connectivity index (χ0n) is 11.1. The lowest BCUT2D eigenvalue weighted by molar-refractivity contribution is -0.152. The smallest absolute Gasteiger partial charge is 0.309 e. The molecule has 18 heavy (non-hydrogen) atoms. The molecule has 1 aromatic rings. The van der Waals surface area contributed by atoms with E-state index in [0.29, 0.717) is 0 Å². The Labute approximate surface area is 112 Å². The van der Waals surface area contributed by atoms with Crippen molar-refractivity contribution in [3.05, 3.63) is 21.9 Å². The van der Waals surface area contributed by atoms with Crippen molar-refractivity contribution in [3.63, 3.8) is 0 Å². The van der Waals surface area contributed by atoms with Crippen LogP contribution in [0, 0.1) is 12.3 Å². The molecular weight excluding hydrogens is 246 g/mol. The monoisotopic (exact) mass is 267 g/mol. The van der Waals surface area contributed by atoms with E-state index < -0.39 is 11.4 Å². The van der Waals surface area contributed by atoms with Crippen LogP contribution in [0.4, 0.5) is 0 Å². The molecule has 1 fully saturated rings. The predicted molar refractivity (Wildman–Crippen MR) is 73.9 cm³/mol. The van der Waals surface area contributed by atoms with Crippen molar-refractivity contribution < 1.29 is 9.90 Å². The van der Waals surface area contributed by atoms with Crippen molar-refractivity contribution >= 4 is 17.3 Å². The Hall–Kier alpha value is -0.870. The van der Waals surface area contributed by atoms with Crippen LogP contribution in [-0.2, 0) is 11.3 Å². The van der Waals surface area contributed by atoms with Gasteiger partial charge in [0.25, 0.3) is 0 Å². The third-order valence-corrected chi connectivity index (χ3v) is 5.29. The molecule has 0 saturated carbocycles. The lowest BCUT2D eigenvalue weighted by Crippen LogP contribution is -2.43. The van der Waals surface area contributed by atoms with Crippen molar-refractivity contribution in [3.8, 4) is 0 Å². The fraction of sp³-hybridized carbons (Fsp3) is 0.643. The number of aryl methyl sites for hydroxylation is 1. The second kappa shape index (κ2) is 5.41. The largest absolute Gasteiger partial charge is 0.481 e. The van der Waals surface area contributed by atoms with E-state index in [2.05, 4.69) is 23.3 Å². The van der Waals surface area contributed by atoms with Gasteiger partial charge in [0.05, 0.1) is 5.41 Å². The number of carboxylic acids is 1. The van der Waals surface area contributed by atoms with E-state index in [1.807, 2.05) is 6.92 Å². The number of hydrogen-bond donors (Lipinski definition) is 1. The molecule has 1 aliphatic rings. The first-order valence-corrected chi connectivity index (χ1v) is 7.44. The first-order valence-electron chi connectivity index (χ1n) is 6.56. The Morgan fingerprint density at radius 3 is 2.61 bits per heavy atom. The first kappa shape index (κ1) is 13.6. The van der Waals surface area contributed by atoms with E-state index in [-0.39, 0.29) is 0 Å². The molecule has 0 amide bonds. The molecule has 0 atom stereocenters. The second-order valence-electron chi connectivity index (χ2n) is 5.24. The molecule has 2 heterocycles. The van der Waals surface area contributed by atoms with Crippen molar-refractivity contribution in [2.45, 2.75) is 39.7 Å². The summed E-state index contributed by atoms with van der Waals surface area (Å²) in [5.74, 6) is -0.614. The van der Waals surface area contributed by atoms with Crippen LogP contribution in [0.2, 0.25) is 0 Å². The maximum atomic E-state index is 11.4. The zero-order chi connectivity index (χ0) is 13.2. The van der Waals surface area contributed by atoms with Gasteiger partial charge in [-0.05, 0) is 56.3 Å². The highest BCUT2D eigenvalue weighted by Gasteiger charge is 2.39. The van der Waals surface area contributed by atoms with Crippen molar-refractivity contribution in [1.29, 1.82) is 0 Å². The normalized spacial score (nSPS) is 19.9. The Bertz CT molecular complexity index is 419. The van der Waals surface area contributed by atoms with Gasteiger partial charge in [-0.15, -0.1) is 11.3 Å². The summed E-state index contributed by atoms with van der Waals surface area (Å²) in [6.07, 6.45) is 2.31. The van der Waals surface area contributed by atoms with Crippen LogP contribution in [0.5, 0.6) is 0 Å². The molecule has 0 spiro atoms. The number of carbonyl (C=O) groups is 1. The van der Waals surface area contributed by atoms with Crippen LogP contribution in [0.1, 0.15) is 36.6 Å². The standard InChI is InChI=1S/C14H21NO2S/c1-3-14(13(16)17)5-7-15(8-6-14)10-12-11(2)4-9-18-12/h4,9H,3,5-8,10H2,1-2H3,(H,16,17). The molecule has 0 radical (unpaired) electrons. The zero-order valence-corrected chi connectivity index (χ0v) is 11.9. The number of carboxylic acid groups (broad SMARTS) is 1. The predicted octanol–water partition coefficient (Wildman–Crippen LogP) is 3.13. The van der Waals surface area contributed by atoms with Gasteiger partial charge in [-0.1, -0.05) is 6.92 Å². The number of nitrogens with zero attached hydrogens (tertiary/aromatic N) is 1. The molecule has 100 valence electrons. The Morgan fingerprint density at radius 2 is 2.17 bits per heavy atom. The number of piperidine rings is 1. The molecule has 1 aromatic heterocycles. The number of aliphatic carboxylic acids is 1. The van der Waals surface area contributed by atoms with E-state index in [1.54, 1.807) is 11.3 Å². The van der Waals surface area contributed by atoms with Crippen molar-refractivity contribution in [2.24, 2.45) is 5.41 Å². The van der Waals surface area contributed by atoms with Gasteiger partial charge >= 0.3 is 5.97 Å². The molecule has 1 N–H and O–H groups in total. The van der Waals surface area contributed by atoms with Gasteiger partial charge < -0.3 is 5.11 Å². The Kier molecular flexibility index (Phi) is 4.07. The second-order valence-corrected chi connectivity index (χ2v) is 6.24. The van der Waals surface area contributed by atoms with Crippen molar-refractivity contribution in [2.75, 3.05) is 13.1 Å². The summed E-state index contributed by atoms with van der Waals surface area (Å²) in [5, 5.41) is 11.5. The minimum atomic E-state index is -0.614. The average molecular weight is 267 g/mol. The summed E-state index contributed by atoms with van der Waals surface area (Å²) in [7, 11) is 0. The highest BCUT2D eigenvalue weighted by molar-refractivity contribution is 7.10. The fourth-order valence-corrected chi connectivity index (χ4v) is 3.57. The molecule has 0 aliphatic carbocycles. The van der Waals surface area contributed by atoms with Crippen LogP contribution in [0.3, 0.4) is 0 Å². The maximum absolute atomic E-state index is 11.4. The Morgan fingerprint density at radius 1 is 1.50 bits per heavy atom.